The molecule has 2 heteroatoms. The van der Waals surface area contributed by atoms with E-state index in [0.29, 0.717) is 0 Å². The monoisotopic (exact) mass is 138 g/mol. The lowest BCUT2D eigenvalue weighted by molar-refractivity contribution is 1.87. The second-order valence-corrected chi connectivity index (χ2v) is 2.67. The van der Waals surface area contributed by atoms with Gasteiger partial charge in [0.25, 0.3) is 0 Å². The first-order valence-corrected chi connectivity index (χ1v) is 4.32. The molecule has 0 aliphatic heterocycles. The summed E-state index contributed by atoms with van der Waals surface area (Å²) in [6, 6.07) is 2.04. The van der Waals surface area contributed by atoms with Gasteiger partial charge in [0.05, 0.1) is 10.2 Å². The van der Waals surface area contributed by atoms with Gasteiger partial charge in [0.15, 0.2) is 0 Å². The van der Waals surface area contributed by atoms with E-state index < -0.39 is 0 Å². The molecule has 0 saturated carbocycles. The molecule has 8 heavy (non-hydrogen) atoms. The molecule has 1 aromatic rings. The highest BCUT2D eigenvalue weighted by atomic mass is 32.1. The van der Waals surface area contributed by atoms with Gasteiger partial charge >= 0.3 is 0 Å². The minimum absolute atomic E-state index is 0.979. The topological polar surface area (TPSA) is 0 Å². The van der Waals surface area contributed by atoms with Crippen molar-refractivity contribution < 1.29 is 0 Å². The summed E-state index contributed by atoms with van der Waals surface area (Å²) in [6.45, 7) is 0. The minimum Gasteiger partial charge on any atom is -0.151 e. The van der Waals surface area contributed by atoms with E-state index in [1.165, 1.54) is 0 Å². The van der Waals surface area contributed by atoms with Crippen molar-refractivity contribution in [3.05, 3.63) is 22.4 Å². The Morgan fingerprint density at radius 2 is 2.50 bits per heavy atom. The summed E-state index contributed by atoms with van der Waals surface area (Å²) < 4.78 is 0. The van der Waals surface area contributed by atoms with Crippen molar-refractivity contribution in [2.45, 2.75) is 0 Å². The van der Waals surface area contributed by atoms with Crippen molar-refractivity contribution in [1.29, 1.82) is 0 Å². The van der Waals surface area contributed by atoms with Gasteiger partial charge in [-0.3, -0.25) is 0 Å². The normalized spacial score (nSPS) is 8.00. The van der Waals surface area contributed by atoms with Crippen molar-refractivity contribution in [3.8, 4) is 11.5 Å². The predicted molar refractivity (Wildman–Crippen MR) is 41.1 cm³/mol. The third-order valence-corrected chi connectivity index (χ3v) is 1.72. The van der Waals surface area contributed by atoms with Crippen LogP contribution in [0.2, 0.25) is 0 Å². The third kappa shape index (κ3) is 1.22. The summed E-state index contributed by atoms with van der Waals surface area (Å²) in [5.74, 6) is 3.01. The number of hydrogen-bond acceptors (Lipinski definition) is 1. The lowest BCUT2D eigenvalue weighted by atomic mass is 10.4. The highest BCUT2D eigenvalue weighted by molar-refractivity contribution is 7.08. The molecule has 0 amide bonds. The van der Waals surface area contributed by atoms with Crippen LogP contribution in [0.3, 0.4) is 0 Å². The van der Waals surface area contributed by atoms with Gasteiger partial charge in [-0.05, 0) is 11.4 Å². The van der Waals surface area contributed by atoms with Gasteiger partial charge in [-0.1, -0.05) is 5.92 Å². The molecule has 0 saturated heterocycles. The molecular weight excluding hydrogens is 132 g/mol. The highest BCUT2D eigenvalue weighted by Gasteiger charge is 1.79. The Kier molecular flexibility index (Phi) is 1.90. The first-order valence-electron chi connectivity index (χ1n) is 2.38. The van der Waals surface area contributed by atoms with Gasteiger partial charge in [-0.25, -0.2) is 0 Å². The van der Waals surface area contributed by atoms with Crippen molar-refractivity contribution in [2.24, 2.45) is 0 Å². The fourth-order valence-electron chi connectivity index (χ4n) is 0.480. The zero-order valence-corrected chi connectivity index (χ0v) is 7.46. The summed E-state index contributed by atoms with van der Waals surface area (Å²) in [7, 11) is 0.979. The van der Waals surface area contributed by atoms with Crippen LogP contribution in [0.15, 0.2) is 16.8 Å². The van der Waals surface area contributed by atoms with Gasteiger partial charge in [0.2, 0.25) is 0 Å². The smallest absolute Gasteiger partial charge is 0.0911 e. The summed E-state index contributed by atoms with van der Waals surface area (Å²) >= 11 is 1.69. The standard InChI is InChI=1S/C6H6SSi/c8-4-2-6-1-3-7-5-6/h1,3,5H,8H3. The number of thiophene rings is 1. The van der Waals surface area contributed by atoms with Crippen molar-refractivity contribution in [3.63, 3.8) is 0 Å². The van der Waals surface area contributed by atoms with E-state index in [-0.39, 0.29) is 0 Å². The largest absolute Gasteiger partial charge is 0.151 e. The van der Waals surface area contributed by atoms with E-state index in [9.17, 15) is 0 Å². The number of hydrogen-bond donors (Lipinski definition) is 0. The molecule has 0 spiro atoms. The molecule has 0 fully saturated rings. The molecule has 0 aromatic carbocycles. The van der Waals surface area contributed by atoms with Crippen LogP contribution in [0.4, 0.5) is 0 Å². The number of rotatable bonds is 0. The molecule has 1 aromatic heterocycles. The fourth-order valence-corrected chi connectivity index (χ4v) is 1.36. The zero-order valence-electron chi connectivity index (χ0n) is 4.64. The molecular formula is C6H6SSi. The van der Waals surface area contributed by atoms with Gasteiger partial charge < -0.3 is 0 Å². The molecule has 0 atom stereocenters. The second-order valence-electron chi connectivity index (χ2n) is 1.39. The van der Waals surface area contributed by atoms with Crippen LogP contribution in [0.5, 0.6) is 0 Å². The Morgan fingerprint density at radius 3 is 3.00 bits per heavy atom. The van der Waals surface area contributed by atoms with Crippen LogP contribution in [0.1, 0.15) is 5.56 Å². The molecule has 0 aliphatic rings. The van der Waals surface area contributed by atoms with Crippen LogP contribution in [0.25, 0.3) is 0 Å². The molecule has 0 unspecified atom stereocenters. The Hall–Kier alpha value is -0.523. The van der Waals surface area contributed by atoms with Crippen molar-refractivity contribution >= 4 is 21.6 Å². The van der Waals surface area contributed by atoms with Crippen LogP contribution >= 0.6 is 11.3 Å². The van der Waals surface area contributed by atoms with Gasteiger partial charge in [-0.15, -0.1) is 5.54 Å². The summed E-state index contributed by atoms with van der Waals surface area (Å²) in [6.07, 6.45) is 0. The molecule has 1 rings (SSSR count). The van der Waals surface area contributed by atoms with Crippen LogP contribution in [-0.2, 0) is 0 Å². The van der Waals surface area contributed by atoms with Crippen LogP contribution in [0, 0.1) is 11.5 Å². The fraction of sp³-hybridized carbons (Fsp3) is 0. The van der Waals surface area contributed by atoms with Gasteiger partial charge in [-0.2, -0.15) is 11.3 Å². The third-order valence-electron chi connectivity index (χ3n) is 0.791. The lowest BCUT2D eigenvalue weighted by Crippen LogP contribution is -1.60. The molecule has 0 aliphatic carbocycles. The minimum atomic E-state index is 0.979. The predicted octanol–water partition coefficient (Wildman–Crippen LogP) is 0.422. The Balaban J connectivity index is 2.88. The van der Waals surface area contributed by atoms with Crippen molar-refractivity contribution in [2.75, 3.05) is 0 Å². The van der Waals surface area contributed by atoms with E-state index in [1.54, 1.807) is 11.3 Å². The zero-order chi connectivity index (χ0) is 5.82. The van der Waals surface area contributed by atoms with Gasteiger partial charge in [0, 0.05) is 10.9 Å². The quantitative estimate of drug-likeness (QED) is 0.360. The summed E-state index contributed by atoms with van der Waals surface area (Å²) in [5.41, 5.74) is 4.12. The van der Waals surface area contributed by atoms with E-state index in [0.717, 1.165) is 15.8 Å². The van der Waals surface area contributed by atoms with Crippen LogP contribution < -0.4 is 0 Å². The second kappa shape index (κ2) is 2.70. The van der Waals surface area contributed by atoms with Crippen LogP contribution in [-0.4, -0.2) is 10.2 Å². The molecule has 40 valence electrons. The summed E-state index contributed by atoms with van der Waals surface area (Å²) in [4.78, 5) is 0. The molecule has 0 radical (unpaired) electrons. The lowest BCUT2D eigenvalue weighted by Gasteiger charge is -1.69. The Bertz CT molecular complexity index is 202. The van der Waals surface area contributed by atoms with Gasteiger partial charge in [0.1, 0.15) is 0 Å². The average molecular weight is 138 g/mol. The van der Waals surface area contributed by atoms with E-state index in [2.05, 4.69) is 16.8 Å². The molecule has 0 bridgehead atoms. The molecule has 0 N–H and O–H groups in total. The average Bonchev–Trinajstić information content (AvgIpc) is 2.19. The highest BCUT2D eigenvalue weighted by Crippen LogP contribution is 2.02. The first kappa shape index (κ1) is 5.61. The molecule has 1 heterocycles. The summed E-state index contributed by atoms with van der Waals surface area (Å²) in [5, 5.41) is 4.10. The maximum absolute atomic E-state index is 3.01. The molecule has 0 nitrogen and oxygen atoms in total. The Labute approximate surface area is 56.0 Å². The SMILES string of the molecule is [SiH3]C#Cc1ccsc1. The van der Waals surface area contributed by atoms with E-state index in [1.807, 2.05) is 11.4 Å². The van der Waals surface area contributed by atoms with E-state index >= 15 is 0 Å². The first-order chi connectivity index (χ1) is 3.93. The maximum atomic E-state index is 3.01. The maximum Gasteiger partial charge on any atom is 0.0911 e. The Morgan fingerprint density at radius 1 is 1.62 bits per heavy atom. The van der Waals surface area contributed by atoms with Crippen molar-refractivity contribution in [1.82, 2.24) is 0 Å². The van der Waals surface area contributed by atoms with E-state index in [4.69, 9.17) is 0 Å².